The van der Waals surface area contributed by atoms with Crippen LogP contribution in [0.15, 0.2) is 24.3 Å². The molecule has 0 saturated carbocycles. The summed E-state index contributed by atoms with van der Waals surface area (Å²) in [7, 11) is 0. The van der Waals surface area contributed by atoms with Crippen molar-refractivity contribution in [1.29, 1.82) is 5.26 Å². The first-order chi connectivity index (χ1) is 3.93. The predicted octanol–water partition coefficient (Wildman–Crippen LogP) is 1.36. The second-order valence-electron chi connectivity index (χ2n) is 1.39. The Morgan fingerprint density at radius 1 is 1.44 bits per heavy atom. The summed E-state index contributed by atoms with van der Waals surface area (Å²) in [6, 6.07) is 11.8. The van der Waals surface area contributed by atoms with Gasteiger partial charge in [-0.05, 0) is 6.07 Å². The fourth-order valence-electron chi connectivity index (χ4n) is 0.463. The molecule has 0 fully saturated rings. The molecule has 0 spiro atoms. The van der Waals surface area contributed by atoms with E-state index in [-0.39, 0.29) is 21.1 Å². The topological polar surface area (TPSA) is 23.8 Å². The summed E-state index contributed by atoms with van der Waals surface area (Å²) in [4.78, 5) is 0. The van der Waals surface area contributed by atoms with Gasteiger partial charge in [-0.2, -0.15) is 0 Å². The van der Waals surface area contributed by atoms with Crippen LogP contribution in [0, 0.1) is 17.4 Å². The smallest absolute Gasteiger partial charge is 0 e. The second-order valence-corrected chi connectivity index (χ2v) is 1.39. The minimum absolute atomic E-state index is 0. The molecule has 0 radical (unpaired) electrons. The molecule has 0 aliphatic carbocycles. The molecule has 0 atom stereocenters. The van der Waals surface area contributed by atoms with Crippen molar-refractivity contribution in [1.82, 2.24) is 0 Å². The van der Waals surface area contributed by atoms with Gasteiger partial charge in [-0.1, -0.05) is 5.56 Å². The Kier molecular flexibility index (Phi) is 4.01. The van der Waals surface area contributed by atoms with E-state index in [1.165, 1.54) is 0 Å². The van der Waals surface area contributed by atoms with Crippen molar-refractivity contribution in [3.05, 3.63) is 35.9 Å². The quantitative estimate of drug-likeness (QED) is 0.661. The Labute approximate surface area is 68.6 Å². The number of rotatable bonds is 0. The van der Waals surface area contributed by atoms with Crippen LogP contribution in [0.4, 0.5) is 0 Å². The zero-order valence-corrected chi connectivity index (χ0v) is 7.60. The Morgan fingerprint density at radius 2 is 2.22 bits per heavy atom. The maximum absolute atomic E-state index is 8.26. The van der Waals surface area contributed by atoms with E-state index in [4.69, 9.17) is 5.26 Å². The molecule has 2 heteroatoms. The van der Waals surface area contributed by atoms with Crippen molar-refractivity contribution in [2.75, 3.05) is 0 Å². The molecule has 0 saturated heterocycles. The molecule has 1 nitrogen and oxygen atoms in total. The molecule has 0 unspecified atom stereocenters. The van der Waals surface area contributed by atoms with Crippen molar-refractivity contribution in [2.24, 2.45) is 0 Å². The first kappa shape index (κ1) is 8.40. The molecule has 0 bridgehead atoms. The summed E-state index contributed by atoms with van der Waals surface area (Å²) >= 11 is 0. The Bertz CT molecular complexity index is 200. The van der Waals surface area contributed by atoms with Crippen LogP contribution in [-0.4, -0.2) is 0 Å². The number of hydrogen-bond acceptors (Lipinski definition) is 1. The summed E-state index contributed by atoms with van der Waals surface area (Å²) in [6.45, 7) is 0. The van der Waals surface area contributed by atoms with Gasteiger partial charge in [-0.25, -0.2) is 0 Å². The van der Waals surface area contributed by atoms with E-state index in [0.29, 0.717) is 5.56 Å². The summed E-state index contributed by atoms with van der Waals surface area (Å²) in [5, 5.41) is 8.26. The van der Waals surface area contributed by atoms with E-state index in [0.717, 1.165) is 0 Å². The molecule has 1 aromatic carbocycles. The molecule has 1 rings (SSSR count). The minimum atomic E-state index is 0. The zero-order chi connectivity index (χ0) is 5.82. The third-order valence-corrected chi connectivity index (χ3v) is 0.830. The van der Waals surface area contributed by atoms with Crippen LogP contribution in [0.2, 0.25) is 0 Å². The monoisotopic (exact) mass is 286 g/mol. The van der Waals surface area contributed by atoms with Crippen molar-refractivity contribution >= 4 is 0 Å². The molecule has 1 aromatic rings. The van der Waals surface area contributed by atoms with Crippen LogP contribution >= 0.6 is 0 Å². The average Bonchev–Trinajstić information content (AvgIpc) is 1.90. The van der Waals surface area contributed by atoms with Gasteiger partial charge < -0.3 is 0 Å². The van der Waals surface area contributed by atoms with E-state index < -0.39 is 0 Å². The summed E-state index contributed by atoms with van der Waals surface area (Å²) < 4.78 is 0. The molecule has 0 aliphatic rings. The first-order valence-electron chi connectivity index (χ1n) is 2.30. The maximum Gasteiger partial charge on any atom is 0 e. The second kappa shape index (κ2) is 4.29. The van der Waals surface area contributed by atoms with Crippen LogP contribution in [0.5, 0.6) is 0 Å². The number of nitriles is 1. The van der Waals surface area contributed by atoms with Crippen molar-refractivity contribution in [3.8, 4) is 6.07 Å². The van der Waals surface area contributed by atoms with Gasteiger partial charge in [0.25, 0.3) is 0 Å². The van der Waals surface area contributed by atoms with Gasteiger partial charge in [-0.3, -0.25) is 5.26 Å². The summed E-state index contributed by atoms with van der Waals surface area (Å²) in [6.07, 6.45) is 0. The standard InChI is InChI=1S/C7H4N.W/c8-6-7-4-2-1-3-5-7;/h1-4H;/q-1;. The molecular weight excluding hydrogens is 282 g/mol. The number of hydrogen-bond donors (Lipinski definition) is 0. The number of nitrogens with zero attached hydrogens (tertiary/aromatic N) is 1. The van der Waals surface area contributed by atoms with Crippen LogP contribution in [0.1, 0.15) is 5.56 Å². The minimum Gasteiger partial charge on any atom is -0.262 e. The fourth-order valence-corrected chi connectivity index (χ4v) is 0.463. The van der Waals surface area contributed by atoms with Crippen LogP contribution in [0.25, 0.3) is 0 Å². The molecular formula is C7H4NW-. The largest absolute Gasteiger partial charge is 0.262 e. The van der Waals surface area contributed by atoms with Gasteiger partial charge in [0.05, 0.1) is 0 Å². The fraction of sp³-hybridized carbons (Fsp3) is 0. The molecule has 44 valence electrons. The third kappa shape index (κ3) is 2.44. The molecule has 0 heterocycles. The molecule has 0 N–H and O–H groups in total. The van der Waals surface area contributed by atoms with E-state index in [2.05, 4.69) is 6.07 Å². The van der Waals surface area contributed by atoms with Crippen LogP contribution < -0.4 is 0 Å². The normalized spacial score (nSPS) is 7.00. The van der Waals surface area contributed by atoms with Gasteiger partial charge in [0, 0.05) is 21.1 Å². The molecule has 0 amide bonds. The molecule has 0 aromatic heterocycles. The van der Waals surface area contributed by atoms with Gasteiger partial charge in [-0.15, -0.1) is 30.3 Å². The van der Waals surface area contributed by atoms with Gasteiger partial charge in [0.1, 0.15) is 0 Å². The van der Waals surface area contributed by atoms with E-state index in [1.807, 2.05) is 18.2 Å². The third-order valence-electron chi connectivity index (χ3n) is 0.830. The maximum atomic E-state index is 8.26. The SMILES string of the molecule is N#Cc1[c-]cccc1.[W]. The van der Waals surface area contributed by atoms with E-state index >= 15 is 0 Å². The Morgan fingerprint density at radius 3 is 2.56 bits per heavy atom. The zero-order valence-electron chi connectivity index (χ0n) is 4.66. The molecule has 0 aliphatic heterocycles. The Balaban J connectivity index is 0.000000640. The predicted molar refractivity (Wildman–Crippen MR) is 30.0 cm³/mol. The van der Waals surface area contributed by atoms with E-state index in [9.17, 15) is 0 Å². The molecule has 9 heavy (non-hydrogen) atoms. The van der Waals surface area contributed by atoms with Crippen LogP contribution in [-0.2, 0) is 21.1 Å². The van der Waals surface area contributed by atoms with Gasteiger partial charge >= 0.3 is 0 Å². The first-order valence-corrected chi connectivity index (χ1v) is 2.30. The van der Waals surface area contributed by atoms with Crippen molar-refractivity contribution in [3.63, 3.8) is 0 Å². The van der Waals surface area contributed by atoms with Gasteiger partial charge in [0.2, 0.25) is 0 Å². The average molecular weight is 286 g/mol. The van der Waals surface area contributed by atoms with Crippen molar-refractivity contribution in [2.45, 2.75) is 0 Å². The van der Waals surface area contributed by atoms with E-state index in [1.54, 1.807) is 12.1 Å². The Hall–Kier alpha value is -0.602. The number of benzene rings is 1. The van der Waals surface area contributed by atoms with Crippen molar-refractivity contribution < 1.29 is 21.1 Å². The summed E-state index contributed by atoms with van der Waals surface area (Å²) in [5.41, 5.74) is 0.590. The summed E-state index contributed by atoms with van der Waals surface area (Å²) in [5.74, 6) is 0. The van der Waals surface area contributed by atoms with Crippen LogP contribution in [0.3, 0.4) is 0 Å². The van der Waals surface area contributed by atoms with Gasteiger partial charge in [0.15, 0.2) is 0 Å².